The van der Waals surface area contributed by atoms with Crippen molar-refractivity contribution in [3.63, 3.8) is 0 Å². The zero-order chi connectivity index (χ0) is 13.9. The van der Waals surface area contributed by atoms with Gasteiger partial charge in [0.05, 0.1) is 6.61 Å². The molecule has 20 heavy (non-hydrogen) atoms. The first-order valence-corrected chi connectivity index (χ1v) is 7.00. The number of ether oxygens (including phenoxy) is 1. The van der Waals surface area contributed by atoms with Crippen LogP contribution in [0, 0.1) is 6.92 Å². The quantitative estimate of drug-likeness (QED) is 0.629. The minimum absolute atomic E-state index is 0.701. The molecule has 0 aromatic heterocycles. The van der Waals surface area contributed by atoms with E-state index in [0.29, 0.717) is 6.61 Å². The molecule has 0 radical (unpaired) electrons. The first-order chi connectivity index (χ1) is 9.78. The number of hydrogen-bond acceptors (Lipinski definition) is 1. The van der Waals surface area contributed by atoms with Gasteiger partial charge in [0.1, 0.15) is 5.75 Å². The maximum atomic E-state index is 5.55. The van der Waals surface area contributed by atoms with E-state index < -0.39 is 0 Å². The van der Waals surface area contributed by atoms with Crippen LogP contribution in [0.2, 0.25) is 0 Å². The minimum Gasteiger partial charge on any atom is -0.494 e. The Morgan fingerprint density at radius 1 is 0.850 bits per heavy atom. The van der Waals surface area contributed by atoms with Gasteiger partial charge in [-0.1, -0.05) is 42.5 Å². The zero-order valence-electron chi connectivity index (χ0n) is 11.9. The molecule has 0 fully saturated rings. The molecule has 0 aliphatic rings. The lowest BCUT2D eigenvalue weighted by Crippen LogP contribution is -1.90. The van der Waals surface area contributed by atoms with Crippen molar-refractivity contribution in [1.29, 1.82) is 0 Å². The van der Waals surface area contributed by atoms with E-state index in [1.165, 1.54) is 27.5 Å². The standard InChI is InChI=1S/C19H18O/c1-3-20-18-11-10-15-12-17(9-8-16(15)13-18)19-7-5-4-6-14(19)2/h4-13H,3H2,1-2H3. The van der Waals surface area contributed by atoms with Gasteiger partial charge in [0.25, 0.3) is 0 Å². The fraction of sp³-hybridized carbons (Fsp3) is 0.158. The highest BCUT2D eigenvalue weighted by Gasteiger charge is 2.03. The van der Waals surface area contributed by atoms with Crippen molar-refractivity contribution in [2.45, 2.75) is 13.8 Å². The van der Waals surface area contributed by atoms with Crippen LogP contribution in [0.5, 0.6) is 5.75 Å². The van der Waals surface area contributed by atoms with E-state index >= 15 is 0 Å². The Kier molecular flexibility index (Phi) is 3.42. The van der Waals surface area contributed by atoms with Gasteiger partial charge in [-0.15, -0.1) is 0 Å². The molecule has 0 aliphatic carbocycles. The van der Waals surface area contributed by atoms with Crippen molar-refractivity contribution in [3.8, 4) is 16.9 Å². The lowest BCUT2D eigenvalue weighted by atomic mass is 9.98. The van der Waals surface area contributed by atoms with Crippen molar-refractivity contribution >= 4 is 10.8 Å². The van der Waals surface area contributed by atoms with Crippen LogP contribution in [0.4, 0.5) is 0 Å². The molecule has 1 nitrogen and oxygen atoms in total. The van der Waals surface area contributed by atoms with Crippen molar-refractivity contribution in [2.24, 2.45) is 0 Å². The molecule has 1 heteroatoms. The van der Waals surface area contributed by atoms with Gasteiger partial charge in [0.2, 0.25) is 0 Å². The third-order valence-electron chi connectivity index (χ3n) is 3.58. The predicted octanol–water partition coefficient (Wildman–Crippen LogP) is 5.21. The normalized spacial score (nSPS) is 10.7. The van der Waals surface area contributed by atoms with E-state index in [0.717, 1.165) is 5.75 Å². The Morgan fingerprint density at radius 3 is 2.40 bits per heavy atom. The largest absolute Gasteiger partial charge is 0.494 e. The Bertz CT molecular complexity index is 744. The second-order valence-electron chi connectivity index (χ2n) is 4.97. The fourth-order valence-corrected chi connectivity index (χ4v) is 2.54. The summed E-state index contributed by atoms with van der Waals surface area (Å²) in [6.45, 7) is 4.86. The Morgan fingerprint density at radius 2 is 1.60 bits per heavy atom. The van der Waals surface area contributed by atoms with E-state index in [2.05, 4.69) is 61.5 Å². The van der Waals surface area contributed by atoms with Crippen LogP contribution in [0.25, 0.3) is 21.9 Å². The summed E-state index contributed by atoms with van der Waals surface area (Å²) in [7, 11) is 0. The number of aryl methyl sites for hydroxylation is 1. The Balaban J connectivity index is 2.08. The number of fused-ring (bicyclic) bond motifs is 1. The molecule has 0 spiro atoms. The molecule has 0 bridgehead atoms. The monoisotopic (exact) mass is 262 g/mol. The van der Waals surface area contributed by atoms with Gasteiger partial charge >= 0.3 is 0 Å². The van der Waals surface area contributed by atoms with Crippen LogP contribution >= 0.6 is 0 Å². The van der Waals surface area contributed by atoms with Crippen LogP contribution in [0.15, 0.2) is 60.7 Å². The van der Waals surface area contributed by atoms with Gasteiger partial charge in [0, 0.05) is 0 Å². The third kappa shape index (κ3) is 2.39. The van der Waals surface area contributed by atoms with E-state index in [1.54, 1.807) is 0 Å². The first kappa shape index (κ1) is 12.7. The summed E-state index contributed by atoms with van der Waals surface area (Å²) in [5.74, 6) is 0.934. The maximum absolute atomic E-state index is 5.55. The first-order valence-electron chi connectivity index (χ1n) is 7.00. The smallest absolute Gasteiger partial charge is 0.119 e. The van der Waals surface area contributed by atoms with Crippen molar-refractivity contribution < 1.29 is 4.74 Å². The molecule has 0 aliphatic heterocycles. The molecule has 0 heterocycles. The van der Waals surface area contributed by atoms with Gasteiger partial charge in [0.15, 0.2) is 0 Å². The van der Waals surface area contributed by atoms with Crippen LogP contribution in [-0.4, -0.2) is 6.61 Å². The zero-order valence-corrected chi connectivity index (χ0v) is 11.9. The molecule has 3 aromatic carbocycles. The summed E-state index contributed by atoms with van der Waals surface area (Å²) < 4.78 is 5.55. The molecule has 0 amide bonds. The lowest BCUT2D eigenvalue weighted by Gasteiger charge is -2.09. The summed E-state index contributed by atoms with van der Waals surface area (Å²) in [5, 5.41) is 2.46. The van der Waals surface area contributed by atoms with Gasteiger partial charge in [-0.3, -0.25) is 0 Å². The molecule has 0 atom stereocenters. The van der Waals surface area contributed by atoms with Crippen molar-refractivity contribution in [1.82, 2.24) is 0 Å². The molecule has 3 rings (SSSR count). The maximum Gasteiger partial charge on any atom is 0.119 e. The molecule has 100 valence electrons. The summed E-state index contributed by atoms with van der Waals surface area (Å²) in [6, 6.07) is 21.3. The number of benzene rings is 3. The molecular formula is C19H18O. The summed E-state index contributed by atoms with van der Waals surface area (Å²) in [6.07, 6.45) is 0. The van der Waals surface area contributed by atoms with E-state index in [4.69, 9.17) is 4.74 Å². The molecule has 0 saturated heterocycles. The average molecular weight is 262 g/mol. The van der Waals surface area contributed by atoms with Crippen LogP contribution in [0.3, 0.4) is 0 Å². The average Bonchev–Trinajstić information content (AvgIpc) is 2.48. The lowest BCUT2D eigenvalue weighted by molar-refractivity contribution is 0.341. The second-order valence-corrected chi connectivity index (χ2v) is 4.97. The minimum atomic E-state index is 0.701. The summed E-state index contributed by atoms with van der Waals surface area (Å²) >= 11 is 0. The van der Waals surface area contributed by atoms with Gasteiger partial charge in [-0.2, -0.15) is 0 Å². The highest BCUT2D eigenvalue weighted by molar-refractivity contribution is 5.88. The summed E-state index contributed by atoms with van der Waals surface area (Å²) in [4.78, 5) is 0. The fourth-order valence-electron chi connectivity index (χ4n) is 2.54. The van der Waals surface area contributed by atoms with E-state index in [9.17, 15) is 0 Å². The Labute approximate surface area is 119 Å². The Hall–Kier alpha value is -2.28. The molecule has 0 unspecified atom stereocenters. The van der Waals surface area contributed by atoms with Crippen molar-refractivity contribution in [3.05, 3.63) is 66.2 Å². The van der Waals surface area contributed by atoms with Gasteiger partial charge < -0.3 is 4.74 Å². The SMILES string of the molecule is CCOc1ccc2cc(-c3ccccc3C)ccc2c1. The van der Waals surface area contributed by atoms with Gasteiger partial charge in [-0.25, -0.2) is 0 Å². The number of hydrogen-bond donors (Lipinski definition) is 0. The van der Waals surface area contributed by atoms with Crippen LogP contribution in [-0.2, 0) is 0 Å². The predicted molar refractivity (Wildman–Crippen MR) is 85.3 cm³/mol. The molecule has 3 aromatic rings. The highest BCUT2D eigenvalue weighted by atomic mass is 16.5. The number of rotatable bonds is 3. The summed E-state index contributed by atoms with van der Waals surface area (Å²) in [5.41, 5.74) is 3.86. The van der Waals surface area contributed by atoms with Crippen molar-refractivity contribution in [2.75, 3.05) is 6.61 Å². The topological polar surface area (TPSA) is 9.23 Å². The van der Waals surface area contributed by atoms with E-state index in [1.807, 2.05) is 13.0 Å². The third-order valence-corrected chi connectivity index (χ3v) is 3.58. The van der Waals surface area contributed by atoms with Gasteiger partial charge in [-0.05, 0) is 59.5 Å². The molecule has 0 N–H and O–H groups in total. The van der Waals surface area contributed by atoms with Crippen LogP contribution < -0.4 is 4.74 Å². The highest BCUT2D eigenvalue weighted by Crippen LogP contribution is 2.28. The molecular weight excluding hydrogens is 244 g/mol. The van der Waals surface area contributed by atoms with Crippen LogP contribution in [0.1, 0.15) is 12.5 Å². The van der Waals surface area contributed by atoms with E-state index in [-0.39, 0.29) is 0 Å². The second kappa shape index (κ2) is 5.38. The molecule has 0 saturated carbocycles.